The number of carbonyl (C=O) groups excluding carboxylic acids is 1. The zero-order chi connectivity index (χ0) is 15.2. The molecule has 6 heteroatoms. The van der Waals surface area contributed by atoms with Gasteiger partial charge in [0, 0.05) is 15.9 Å². The normalized spacial score (nSPS) is 12.4. The second kappa shape index (κ2) is 9.72. The van der Waals surface area contributed by atoms with Gasteiger partial charge in [0.2, 0.25) is 5.91 Å². The van der Waals surface area contributed by atoms with Gasteiger partial charge in [-0.25, -0.2) is 0 Å². The number of thioether (sulfide) groups is 1. The Bertz CT molecular complexity index is 430. The van der Waals surface area contributed by atoms with Crippen molar-refractivity contribution in [1.29, 1.82) is 0 Å². The van der Waals surface area contributed by atoms with Gasteiger partial charge in [0.1, 0.15) is 0 Å². The fraction of sp³-hybridized carbons (Fsp3) is 0.533. The minimum atomic E-state index is -0.272. The van der Waals surface area contributed by atoms with Crippen LogP contribution in [0.3, 0.4) is 0 Å². The first-order valence-electron chi connectivity index (χ1n) is 6.90. The van der Waals surface area contributed by atoms with E-state index in [1.54, 1.807) is 11.8 Å². The second-order valence-corrected chi connectivity index (χ2v) is 7.22. The highest BCUT2D eigenvalue weighted by molar-refractivity contribution is 9.10. The molecule has 1 rings (SSSR count). The van der Waals surface area contributed by atoms with Gasteiger partial charge in [-0.2, -0.15) is 0 Å². The molecule has 1 amide bonds. The molecule has 0 saturated carbocycles. The number of nitrogens with two attached hydrogens (primary N) is 1. The van der Waals surface area contributed by atoms with Crippen molar-refractivity contribution >= 4 is 46.0 Å². The van der Waals surface area contributed by atoms with Crippen LogP contribution >= 0.6 is 40.1 Å². The van der Waals surface area contributed by atoms with Crippen LogP contribution in [0.4, 0.5) is 0 Å². The van der Waals surface area contributed by atoms with Gasteiger partial charge in [-0.05, 0) is 44.0 Å². The Balaban J connectivity index is 0.00000400. The largest absolute Gasteiger partial charge is 0.348 e. The van der Waals surface area contributed by atoms with E-state index in [-0.39, 0.29) is 29.1 Å². The molecular formula is C15H24BrClN2OS. The summed E-state index contributed by atoms with van der Waals surface area (Å²) in [6.07, 6.45) is 1.70. The van der Waals surface area contributed by atoms with Crippen molar-refractivity contribution in [2.24, 2.45) is 5.73 Å². The summed E-state index contributed by atoms with van der Waals surface area (Å²) in [4.78, 5) is 13.4. The number of rotatable bonds is 7. The summed E-state index contributed by atoms with van der Waals surface area (Å²) in [7, 11) is 0. The molecule has 3 nitrogen and oxygen atoms in total. The van der Waals surface area contributed by atoms with Crippen molar-refractivity contribution in [1.82, 2.24) is 5.32 Å². The highest BCUT2D eigenvalue weighted by Gasteiger charge is 2.28. The lowest BCUT2D eigenvalue weighted by molar-refractivity contribution is -0.122. The molecule has 0 aromatic heterocycles. The highest BCUT2D eigenvalue weighted by Crippen LogP contribution is 2.25. The van der Waals surface area contributed by atoms with Gasteiger partial charge < -0.3 is 11.1 Å². The molecule has 0 spiro atoms. The third-order valence-corrected chi connectivity index (χ3v) is 5.27. The van der Waals surface area contributed by atoms with Crippen molar-refractivity contribution in [2.45, 2.75) is 49.3 Å². The van der Waals surface area contributed by atoms with Gasteiger partial charge in [-0.3, -0.25) is 4.79 Å². The van der Waals surface area contributed by atoms with Crippen LogP contribution in [0.15, 0.2) is 33.6 Å². The van der Waals surface area contributed by atoms with E-state index in [0.29, 0.717) is 6.54 Å². The van der Waals surface area contributed by atoms with Gasteiger partial charge in [0.25, 0.3) is 0 Å². The van der Waals surface area contributed by atoms with E-state index in [1.165, 1.54) is 0 Å². The first-order chi connectivity index (χ1) is 9.46. The molecule has 0 aliphatic rings. The Kier molecular flexibility index (Phi) is 9.61. The molecular weight excluding hydrogens is 372 g/mol. The molecule has 1 unspecified atom stereocenters. The molecule has 0 saturated heterocycles. The predicted molar refractivity (Wildman–Crippen MR) is 97.2 cm³/mol. The Morgan fingerprint density at radius 3 is 2.29 bits per heavy atom. The Hall–Kier alpha value is -0.230. The molecule has 0 fully saturated rings. The SMILES string of the molecule is CCC(CC)(CN)NC(=O)C(C)Sc1ccc(Br)cc1.Cl. The summed E-state index contributed by atoms with van der Waals surface area (Å²) < 4.78 is 1.04. The quantitative estimate of drug-likeness (QED) is 0.686. The van der Waals surface area contributed by atoms with Crippen LogP contribution in [-0.2, 0) is 4.79 Å². The van der Waals surface area contributed by atoms with Crippen molar-refractivity contribution in [3.8, 4) is 0 Å². The second-order valence-electron chi connectivity index (χ2n) is 4.89. The minimum absolute atomic E-state index is 0. The van der Waals surface area contributed by atoms with Crippen LogP contribution in [0, 0.1) is 0 Å². The van der Waals surface area contributed by atoms with Gasteiger partial charge in [0.05, 0.1) is 10.8 Å². The van der Waals surface area contributed by atoms with E-state index in [1.807, 2.05) is 31.2 Å². The molecule has 0 bridgehead atoms. The fourth-order valence-corrected chi connectivity index (χ4v) is 3.03. The van der Waals surface area contributed by atoms with Crippen molar-refractivity contribution in [3.05, 3.63) is 28.7 Å². The van der Waals surface area contributed by atoms with E-state index < -0.39 is 0 Å². The van der Waals surface area contributed by atoms with Crippen LogP contribution in [0.2, 0.25) is 0 Å². The maximum Gasteiger partial charge on any atom is 0.233 e. The summed E-state index contributed by atoms with van der Waals surface area (Å²) >= 11 is 4.96. The van der Waals surface area contributed by atoms with Crippen molar-refractivity contribution in [3.63, 3.8) is 0 Å². The molecule has 1 atom stereocenters. The molecule has 0 aliphatic heterocycles. The molecule has 1 aromatic rings. The van der Waals surface area contributed by atoms with Crippen LogP contribution in [0.25, 0.3) is 0 Å². The van der Waals surface area contributed by atoms with E-state index >= 15 is 0 Å². The monoisotopic (exact) mass is 394 g/mol. The van der Waals surface area contributed by atoms with E-state index in [0.717, 1.165) is 22.2 Å². The average Bonchev–Trinajstić information content (AvgIpc) is 2.47. The number of halogens is 2. The van der Waals surface area contributed by atoms with Gasteiger partial charge in [-0.1, -0.05) is 29.8 Å². The number of hydrogen-bond donors (Lipinski definition) is 2. The topological polar surface area (TPSA) is 55.1 Å². The third kappa shape index (κ3) is 6.19. The summed E-state index contributed by atoms with van der Waals surface area (Å²) in [6.45, 7) is 6.52. The molecule has 120 valence electrons. The van der Waals surface area contributed by atoms with Crippen LogP contribution in [0.5, 0.6) is 0 Å². The number of amides is 1. The summed E-state index contributed by atoms with van der Waals surface area (Å²) in [6, 6.07) is 7.98. The predicted octanol–water partition coefficient (Wildman–Crippen LogP) is 3.99. The van der Waals surface area contributed by atoms with Gasteiger partial charge >= 0.3 is 0 Å². The molecule has 0 radical (unpaired) electrons. The Morgan fingerprint density at radius 2 is 1.86 bits per heavy atom. The summed E-state index contributed by atoms with van der Waals surface area (Å²) in [5, 5.41) is 2.98. The third-order valence-electron chi connectivity index (χ3n) is 3.63. The number of benzene rings is 1. The van der Waals surface area contributed by atoms with Gasteiger partial charge in [0.15, 0.2) is 0 Å². The van der Waals surface area contributed by atoms with E-state index in [9.17, 15) is 4.79 Å². The first kappa shape index (κ1) is 20.8. The molecule has 0 aliphatic carbocycles. The van der Waals surface area contributed by atoms with Gasteiger partial charge in [-0.15, -0.1) is 24.2 Å². The lowest BCUT2D eigenvalue weighted by atomic mass is 9.93. The van der Waals surface area contributed by atoms with E-state index in [2.05, 4.69) is 35.1 Å². The first-order valence-corrected chi connectivity index (χ1v) is 8.58. The lowest BCUT2D eigenvalue weighted by Crippen LogP contribution is -2.54. The average molecular weight is 396 g/mol. The lowest BCUT2D eigenvalue weighted by Gasteiger charge is -2.32. The Morgan fingerprint density at radius 1 is 1.33 bits per heavy atom. The minimum Gasteiger partial charge on any atom is -0.348 e. The number of nitrogens with one attached hydrogen (secondary N) is 1. The highest BCUT2D eigenvalue weighted by atomic mass is 79.9. The molecule has 1 aromatic carbocycles. The van der Waals surface area contributed by atoms with Crippen LogP contribution in [-0.4, -0.2) is 23.2 Å². The number of carbonyl (C=O) groups is 1. The smallest absolute Gasteiger partial charge is 0.233 e. The maximum atomic E-state index is 12.3. The fourth-order valence-electron chi connectivity index (χ4n) is 1.90. The molecule has 0 heterocycles. The standard InChI is InChI=1S/C15H23BrN2OS.ClH/c1-4-15(5-2,10-17)18-14(19)11(3)20-13-8-6-12(16)7-9-13;/h6-9,11H,4-5,10,17H2,1-3H3,(H,18,19);1H. The Labute approximate surface area is 146 Å². The zero-order valence-corrected chi connectivity index (χ0v) is 15.9. The maximum absolute atomic E-state index is 12.3. The van der Waals surface area contributed by atoms with Crippen LogP contribution < -0.4 is 11.1 Å². The van der Waals surface area contributed by atoms with Crippen molar-refractivity contribution in [2.75, 3.05) is 6.54 Å². The van der Waals surface area contributed by atoms with E-state index in [4.69, 9.17) is 5.73 Å². The summed E-state index contributed by atoms with van der Waals surface area (Å²) in [5.74, 6) is 0.0482. The molecule has 21 heavy (non-hydrogen) atoms. The summed E-state index contributed by atoms with van der Waals surface area (Å²) in [5.41, 5.74) is 5.55. The zero-order valence-electron chi connectivity index (χ0n) is 12.7. The number of hydrogen-bond acceptors (Lipinski definition) is 3. The molecule has 3 N–H and O–H groups in total. The van der Waals surface area contributed by atoms with Crippen LogP contribution in [0.1, 0.15) is 33.6 Å². The van der Waals surface area contributed by atoms with Crippen molar-refractivity contribution < 1.29 is 4.79 Å².